The zero-order valence-corrected chi connectivity index (χ0v) is 16.8. The summed E-state index contributed by atoms with van der Waals surface area (Å²) in [5.74, 6) is 0.265. The van der Waals surface area contributed by atoms with Gasteiger partial charge in [0.25, 0.3) is 0 Å². The largest absolute Gasteiger partial charge is 0.495 e. The minimum absolute atomic E-state index is 0.0693. The third-order valence-electron chi connectivity index (χ3n) is 4.42. The first-order valence-electron chi connectivity index (χ1n) is 8.39. The molecule has 27 heavy (non-hydrogen) atoms. The van der Waals surface area contributed by atoms with Crippen molar-refractivity contribution in [2.24, 2.45) is 7.05 Å². The molecule has 0 N–H and O–H groups in total. The maximum absolute atomic E-state index is 13.0. The first-order valence-corrected chi connectivity index (χ1v) is 11.3. The Hall–Kier alpha value is -1.95. The van der Waals surface area contributed by atoms with E-state index >= 15 is 0 Å². The van der Waals surface area contributed by atoms with Gasteiger partial charge in [0, 0.05) is 39.4 Å². The highest BCUT2D eigenvalue weighted by Gasteiger charge is 2.33. The maximum Gasteiger partial charge on any atom is 0.246 e. The minimum Gasteiger partial charge on any atom is -0.495 e. The van der Waals surface area contributed by atoms with Crippen LogP contribution in [0.4, 0.5) is 0 Å². The number of nitrogens with zero attached hydrogens (tertiary/aromatic N) is 4. The van der Waals surface area contributed by atoms with Crippen LogP contribution < -0.4 is 4.74 Å². The number of benzene rings is 1. The summed E-state index contributed by atoms with van der Waals surface area (Å²) >= 11 is 0. The lowest BCUT2D eigenvalue weighted by atomic mass is 10.3. The molecule has 1 aliphatic heterocycles. The summed E-state index contributed by atoms with van der Waals surface area (Å²) in [5, 5.41) is 3.90. The van der Waals surface area contributed by atoms with Crippen LogP contribution in [-0.4, -0.2) is 68.5 Å². The van der Waals surface area contributed by atoms with E-state index in [0.29, 0.717) is 6.42 Å². The lowest BCUT2D eigenvalue weighted by Gasteiger charge is -2.22. The molecule has 0 atom stereocenters. The highest BCUT2D eigenvalue weighted by atomic mass is 32.2. The van der Waals surface area contributed by atoms with Crippen LogP contribution in [0.2, 0.25) is 0 Å². The van der Waals surface area contributed by atoms with E-state index in [1.54, 1.807) is 25.2 Å². The number of hydrogen-bond donors (Lipinski definition) is 0. The zero-order chi connectivity index (χ0) is 19.7. The van der Waals surface area contributed by atoms with Gasteiger partial charge in [-0.1, -0.05) is 12.1 Å². The van der Waals surface area contributed by atoms with Crippen molar-refractivity contribution in [1.82, 2.24) is 18.4 Å². The van der Waals surface area contributed by atoms with Gasteiger partial charge in [0.05, 0.1) is 13.3 Å². The summed E-state index contributed by atoms with van der Waals surface area (Å²) in [7, 11) is -4.44. The first kappa shape index (κ1) is 19.8. The maximum atomic E-state index is 13.0. The fourth-order valence-corrected chi connectivity index (χ4v) is 6.08. The van der Waals surface area contributed by atoms with Crippen molar-refractivity contribution in [1.29, 1.82) is 0 Å². The molecule has 3 rings (SSSR count). The predicted octanol–water partition coefficient (Wildman–Crippen LogP) is 0.514. The van der Waals surface area contributed by atoms with E-state index in [1.807, 2.05) is 0 Å². The van der Waals surface area contributed by atoms with Gasteiger partial charge in [-0.25, -0.2) is 16.8 Å². The van der Waals surface area contributed by atoms with Crippen LogP contribution in [0.5, 0.6) is 5.75 Å². The van der Waals surface area contributed by atoms with E-state index in [0.717, 1.165) is 0 Å². The fourth-order valence-electron chi connectivity index (χ4n) is 3.00. The van der Waals surface area contributed by atoms with Gasteiger partial charge >= 0.3 is 0 Å². The molecule has 0 aliphatic carbocycles. The molecule has 1 fully saturated rings. The Kier molecular flexibility index (Phi) is 5.56. The van der Waals surface area contributed by atoms with Gasteiger partial charge in [0.1, 0.15) is 15.5 Å². The predicted molar refractivity (Wildman–Crippen MR) is 98.3 cm³/mol. The Bertz CT molecular complexity index is 1020. The van der Waals surface area contributed by atoms with E-state index in [2.05, 4.69) is 5.10 Å². The Morgan fingerprint density at radius 1 is 0.963 bits per heavy atom. The molecule has 2 heterocycles. The molecule has 0 radical (unpaired) electrons. The summed E-state index contributed by atoms with van der Waals surface area (Å²) in [4.78, 5) is 0.183. The van der Waals surface area contributed by atoms with Crippen molar-refractivity contribution in [2.45, 2.75) is 16.2 Å². The van der Waals surface area contributed by atoms with E-state index in [9.17, 15) is 16.8 Å². The summed E-state index contributed by atoms with van der Waals surface area (Å²) < 4.78 is 60.8. The minimum atomic E-state index is -3.79. The Morgan fingerprint density at radius 2 is 1.59 bits per heavy atom. The van der Waals surface area contributed by atoms with Crippen molar-refractivity contribution in [3.05, 3.63) is 36.7 Å². The summed E-state index contributed by atoms with van der Waals surface area (Å²) in [6.45, 7) is 0.625. The second-order valence-electron chi connectivity index (χ2n) is 6.16. The third-order valence-corrected chi connectivity index (χ3v) is 8.21. The van der Waals surface area contributed by atoms with E-state index in [4.69, 9.17) is 4.74 Å². The molecule has 2 aromatic rings. The highest BCUT2D eigenvalue weighted by Crippen LogP contribution is 2.27. The van der Waals surface area contributed by atoms with Crippen LogP contribution in [0.1, 0.15) is 6.42 Å². The number of methoxy groups -OCH3 is 1. The Balaban J connectivity index is 1.82. The fraction of sp³-hybridized carbons (Fsp3) is 0.438. The lowest BCUT2D eigenvalue weighted by molar-refractivity contribution is 0.388. The Morgan fingerprint density at radius 3 is 2.19 bits per heavy atom. The molecule has 0 unspecified atom stereocenters. The van der Waals surface area contributed by atoms with Crippen LogP contribution >= 0.6 is 0 Å². The molecule has 9 nitrogen and oxygen atoms in total. The molecule has 148 valence electrons. The lowest BCUT2D eigenvalue weighted by Crippen LogP contribution is -2.37. The molecule has 11 heteroatoms. The van der Waals surface area contributed by atoms with E-state index < -0.39 is 20.0 Å². The standard InChI is InChI=1S/C16H22N4O5S2/c1-18-13-14(12-17-18)26(21,22)19-8-5-9-20(11-10-19)27(23,24)16-7-4-3-6-15(16)25-2/h3-4,6-7,12-13H,5,8-11H2,1-2H3. The SMILES string of the molecule is COc1ccccc1S(=O)(=O)N1CCCN(S(=O)(=O)c2cnn(C)c2)CC1. The summed E-state index contributed by atoms with van der Waals surface area (Å²) in [5.41, 5.74) is 0. The van der Waals surface area contributed by atoms with Gasteiger partial charge in [0.15, 0.2) is 0 Å². The smallest absolute Gasteiger partial charge is 0.246 e. The van der Waals surface area contributed by atoms with Gasteiger partial charge in [-0.2, -0.15) is 13.7 Å². The third kappa shape index (κ3) is 3.86. The molecule has 1 saturated heterocycles. The van der Waals surface area contributed by atoms with Gasteiger partial charge in [-0.15, -0.1) is 0 Å². The normalized spacial score (nSPS) is 17.6. The molecular weight excluding hydrogens is 392 g/mol. The van der Waals surface area contributed by atoms with Crippen molar-refractivity contribution in [3.63, 3.8) is 0 Å². The van der Waals surface area contributed by atoms with Gasteiger partial charge < -0.3 is 4.74 Å². The average molecular weight is 415 g/mol. The van der Waals surface area contributed by atoms with E-state index in [1.165, 1.54) is 38.9 Å². The number of aryl methyl sites for hydroxylation is 1. The number of hydrogen-bond acceptors (Lipinski definition) is 6. The molecule has 0 saturated carbocycles. The van der Waals surface area contributed by atoms with Crippen LogP contribution in [-0.2, 0) is 27.1 Å². The number of sulfonamides is 2. The highest BCUT2D eigenvalue weighted by molar-refractivity contribution is 7.89. The van der Waals surface area contributed by atoms with Crippen molar-refractivity contribution >= 4 is 20.0 Å². The molecule has 1 aromatic heterocycles. The summed E-state index contributed by atoms with van der Waals surface area (Å²) in [6.07, 6.45) is 3.13. The molecule has 0 bridgehead atoms. The van der Waals surface area contributed by atoms with Crippen LogP contribution in [0.15, 0.2) is 46.5 Å². The van der Waals surface area contributed by atoms with Gasteiger partial charge in [-0.05, 0) is 18.6 Å². The monoisotopic (exact) mass is 414 g/mol. The van der Waals surface area contributed by atoms with E-state index in [-0.39, 0.29) is 41.7 Å². The van der Waals surface area contributed by atoms with Crippen LogP contribution in [0, 0.1) is 0 Å². The Labute approximate surface area is 159 Å². The molecule has 1 aliphatic rings. The topological polar surface area (TPSA) is 102 Å². The van der Waals surface area contributed by atoms with Crippen molar-refractivity contribution in [2.75, 3.05) is 33.3 Å². The first-order chi connectivity index (χ1) is 12.8. The number of para-hydroxylation sites is 1. The summed E-state index contributed by atoms with van der Waals surface area (Å²) in [6, 6.07) is 6.40. The quantitative estimate of drug-likeness (QED) is 0.707. The van der Waals surface area contributed by atoms with Gasteiger partial charge in [-0.3, -0.25) is 4.68 Å². The van der Waals surface area contributed by atoms with Gasteiger partial charge in [0.2, 0.25) is 20.0 Å². The molecule has 0 amide bonds. The molecule has 1 aromatic carbocycles. The average Bonchev–Trinajstić information content (AvgIpc) is 2.93. The molecule has 0 spiro atoms. The second-order valence-corrected chi connectivity index (χ2v) is 10.0. The van der Waals surface area contributed by atoms with Crippen molar-refractivity contribution in [3.8, 4) is 5.75 Å². The van der Waals surface area contributed by atoms with Crippen LogP contribution in [0.3, 0.4) is 0 Å². The number of aromatic nitrogens is 2. The zero-order valence-electron chi connectivity index (χ0n) is 15.1. The van der Waals surface area contributed by atoms with Crippen LogP contribution in [0.25, 0.3) is 0 Å². The molecular formula is C16H22N4O5S2. The second kappa shape index (κ2) is 7.58. The number of ether oxygens (including phenoxy) is 1. The van der Waals surface area contributed by atoms with Crippen molar-refractivity contribution < 1.29 is 21.6 Å². The number of rotatable bonds is 5.